The minimum atomic E-state index is -0.448. The Morgan fingerprint density at radius 3 is 2.34 bits per heavy atom. The first-order valence-electron chi connectivity index (χ1n) is 14.0. The van der Waals surface area contributed by atoms with Crippen molar-refractivity contribution in [3.05, 3.63) is 111 Å². The summed E-state index contributed by atoms with van der Waals surface area (Å²) < 4.78 is 11.2. The molecule has 1 fully saturated rings. The maximum Gasteiger partial charge on any atom is 0.270 e. The van der Waals surface area contributed by atoms with Crippen molar-refractivity contribution in [2.24, 2.45) is 11.0 Å². The molecule has 1 aliphatic heterocycles. The molecule has 0 spiro atoms. The van der Waals surface area contributed by atoms with Crippen molar-refractivity contribution in [2.75, 3.05) is 13.2 Å². The molecular formula is C33H33N3O5. The number of hydrogen-bond acceptors (Lipinski definition) is 6. The molecule has 0 bridgehead atoms. The molecule has 0 saturated heterocycles. The number of hydrogen-bond donors (Lipinski definition) is 0. The number of benzene rings is 3. The van der Waals surface area contributed by atoms with E-state index in [1.54, 1.807) is 23.2 Å². The number of amides is 1. The highest BCUT2D eigenvalue weighted by Crippen LogP contribution is 2.44. The molecule has 1 saturated carbocycles. The van der Waals surface area contributed by atoms with Crippen LogP contribution in [0.25, 0.3) is 12.2 Å². The zero-order valence-corrected chi connectivity index (χ0v) is 23.2. The molecule has 2 atom stereocenters. The SMILES string of the molecule is CCOc1ccc(/C=C2/CCC[C@@H]3C2=NN(C(=O)/C=C/c2cccc([N+](=O)[O-])c2)[C@H]3c2ccc(OCC)cc2)cc1. The molecule has 0 aromatic heterocycles. The normalized spacial score (nSPS) is 19.2. The van der Waals surface area contributed by atoms with Gasteiger partial charge in [0.2, 0.25) is 0 Å². The Bertz CT molecular complexity index is 1490. The standard InChI is InChI=1S/C33H33N3O5/c1-3-40-28-16-11-24(12-17-28)21-26-8-6-10-30-32(26)34-35(33(30)25-14-18-29(19-15-25)41-4-2)31(37)20-13-23-7-5-9-27(22-23)36(38)39/h5,7,9,11-22,30,33H,3-4,6,8,10H2,1-2H3/b20-13+,26-21-/t30-,33+/m1/s1. The van der Waals surface area contributed by atoms with Gasteiger partial charge in [-0.05, 0) is 91.8 Å². The average Bonchev–Trinajstić information content (AvgIpc) is 3.39. The summed E-state index contributed by atoms with van der Waals surface area (Å²) in [6.45, 7) is 5.10. The predicted molar refractivity (Wildman–Crippen MR) is 160 cm³/mol. The summed E-state index contributed by atoms with van der Waals surface area (Å²) in [6.07, 6.45) is 7.98. The van der Waals surface area contributed by atoms with Crippen molar-refractivity contribution in [3.63, 3.8) is 0 Å². The Morgan fingerprint density at radius 2 is 1.68 bits per heavy atom. The highest BCUT2D eigenvalue weighted by Gasteiger charge is 2.43. The van der Waals surface area contributed by atoms with Gasteiger partial charge in [-0.1, -0.05) is 36.4 Å². The van der Waals surface area contributed by atoms with Crippen molar-refractivity contribution in [2.45, 2.75) is 39.2 Å². The van der Waals surface area contributed by atoms with E-state index in [2.05, 4.69) is 6.08 Å². The summed E-state index contributed by atoms with van der Waals surface area (Å²) in [5.74, 6) is 1.37. The van der Waals surface area contributed by atoms with E-state index in [1.807, 2.05) is 62.4 Å². The lowest BCUT2D eigenvalue weighted by Gasteiger charge is -2.29. The van der Waals surface area contributed by atoms with Crippen molar-refractivity contribution >= 4 is 29.5 Å². The van der Waals surface area contributed by atoms with Crippen LogP contribution in [0, 0.1) is 16.0 Å². The number of ether oxygens (including phenoxy) is 2. The molecule has 210 valence electrons. The highest BCUT2D eigenvalue weighted by atomic mass is 16.6. The molecule has 1 aliphatic carbocycles. The van der Waals surface area contributed by atoms with Crippen LogP contribution >= 0.6 is 0 Å². The Balaban J connectivity index is 1.48. The van der Waals surface area contributed by atoms with Gasteiger partial charge < -0.3 is 9.47 Å². The lowest BCUT2D eigenvalue weighted by atomic mass is 9.77. The summed E-state index contributed by atoms with van der Waals surface area (Å²) in [4.78, 5) is 24.4. The molecule has 8 nitrogen and oxygen atoms in total. The number of allylic oxidation sites excluding steroid dienone is 1. The molecule has 1 amide bonds. The fraction of sp³-hybridized carbons (Fsp3) is 0.273. The van der Waals surface area contributed by atoms with Crippen LogP contribution in [0.5, 0.6) is 11.5 Å². The summed E-state index contributed by atoms with van der Waals surface area (Å²) >= 11 is 0. The number of nitro benzene ring substituents is 1. The lowest BCUT2D eigenvalue weighted by Crippen LogP contribution is -2.30. The fourth-order valence-electron chi connectivity index (χ4n) is 5.46. The third-order valence-electron chi connectivity index (χ3n) is 7.29. The maximum absolute atomic E-state index is 13.6. The van der Waals surface area contributed by atoms with E-state index in [0.29, 0.717) is 18.8 Å². The number of nitrogens with zero attached hydrogens (tertiary/aromatic N) is 3. The molecule has 5 rings (SSSR count). The molecular weight excluding hydrogens is 518 g/mol. The number of carbonyl (C=O) groups excluding carboxylic acids is 1. The van der Waals surface area contributed by atoms with Gasteiger partial charge in [0.15, 0.2) is 0 Å². The Morgan fingerprint density at radius 1 is 1.00 bits per heavy atom. The van der Waals surface area contributed by atoms with Crippen molar-refractivity contribution in [1.82, 2.24) is 5.01 Å². The topological polar surface area (TPSA) is 94.3 Å². The number of nitro groups is 1. The second kappa shape index (κ2) is 12.6. The van der Waals surface area contributed by atoms with Crippen LogP contribution in [0.2, 0.25) is 0 Å². The Hall–Kier alpha value is -4.72. The largest absolute Gasteiger partial charge is 0.494 e. The van der Waals surface area contributed by atoms with Crippen LogP contribution < -0.4 is 9.47 Å². The van der Waals surface area contributed by atoms with Crippen LogP contribution in [0.1, 0.15) is 55.8 Å². The summed E-state index contributed by atoms with van der Waals surface area (Å²) in [5.41, 5.74) is 4.64. The number of carbonyl (C=O) groups is 1. The molecule has 0 N–H and O–H groups in total. The molecule has 8 heteroatoms. The minimum absolute atomic E-state index is 0.0247. The molecule has 3 aromatic carbocycles. The van der Waals surface area contributed by atoms with Gasteiger partial charge in [0, 0.05) is 24.1 Å². The first-order valence-corrected chi connectivity index (χ1v) is 14.0. The highest BCUT2D eigenvalue weighted by molar-refractivity contribution is 6.08. The van der Waals surface area contributed by atoms with E-state index >= 15 is 0 Å². The number of hydrazone groups is 1. The number of rotatable bonds is 9. The van der Waals surface area contributed by atoms with E-state index < -0.39 is 4.92 Å². The number of non-ortho nitro benzene ring substituents is 1. The van der Waals surface area contributed by atoms with Crippen LogP contribution in [0.15, 0.2) is 89.5 Å². The van der Waals surface area contributed by atoms with E-state index in [9.17, 15) is 14.9 Å². The van der Waals surface area contributed by atoms with Crippen molar-refractivity contribution < 1.29 is 19.2 Å². The van der Waals surface area contributed by atoms with Gasteiger partial charge in [0.25, 0.3) is 11.6 Å². The average molecular weight is 552 g/mol. The van der Waals surface area contributed by atoms with E-state index in [4.69, 9.17) is 14.6 Å². The number of fused-ring (bicyclic) bond motifs is 1. The van der Waals surface area contributed by atoms with Gasteiger partial charge in [-0.25, -0.2) is 5.01 Å². The lowest BCUT2D eigenvalue weighted by molar-refractivity contribution is -0.384. The Kier molecular flexibility index (Phi) is 8.58. The third kappa shape index (κ3) is 6.38. The molecule has 41 heavy (non-hydrogen) atoms. The molecule has 0 unspecified atom stereocenters. The first kappa shape index (κ1) is 27.8. The van der Waals surface area contributed by atoms with Crippen molar-refractivity contribution in [3.8, 4) is 11.5 Å². The van der Waals surface area contributed by atoms with Gasteiger partial charge in [-0.3, -0.25) is 14.9 Å². The van der Waals surface area contributed by atoms with E-state index in [0.717, 1.165) is 53.2 Å². The third-order valence-corrected chi connectivity index (χ3v) is 7.29. The summed E-state index contributed by atoms with van der Waals surface area (Å²) in [7, 11) is 0. The smallest absolute Gasteiger partial charge is 0.270 e. The maximum atomic E-state index is 13.6. The van der Waals surface area contributed by atoms with E-state index in [1.165, 1.54) is 18.2 Å². The summed E-state index contributed by atoms with van der Waals surface area (Å²) in [5, 5.41) is 17.7. The predicted octanol–water partition coefficient (Wildman–Crippen LogP) is 7.23. The second-order valence-electron chi connectivity index (χ2n) is 9.97. The van der Waals surface area contributed by atoms with Gasteiger partial charge >= 0.3 is 0 Å². The van der Waals surface area contributed by atoms with Gasteiger partial charge in [0.1, 0.15) is 11.5 Å². The molecule has 0 radical (unpaired) electrons. The molecule has 3 aromatic rings. The first-order chi connectivity index (χ1) is 20.0. The van der Waals surface area contributed by atoms with E-state index in [-0.39, 0.29) is 23.6 Å². The quantitative estimate of drug-likeness (QED) is 0.159. The fourth-order valence-corrected chi connectivity index (χ4v) is 5.46. The van der Waals surface area contributed by atoms with Crippen molar-refractivity contribution in [1.29, 1.82) is 0 Å². The second-order valence-corrected chi connectivity index (χ2v) is 9.97. The molecule has 1 heterocycles. The monoisotopic (exact) mass is 551 g/mol. The van der Waals surface area contributed by atoms with Crippen LogP contribution in [-0.2, 0) is 4.79 Å². The van der Waals surface area contributed by atoms with Gasteiger partial charge in [-0.2, -0.15) is 5.10 Å². The van der Waals surface area contributed by atoms with Crippen LogP contribution in [0.3, 0.4) is 0 Å². The zero-order chi connectivity index (χ0) is 28.8. The van der Waals surface area contributed by atoms with Gasteiger partial charge in [-0.15, -0.1) is 0 Å². The Labute approximate surface area is 239 Å². The zero-order valence-electron chi connectivity index (χ0n) is 23.2. The molecule has 2 aliphatic rings. The van der Waals surface area contributed by atoms with Crippen LogP contribution in [-0.4, -0.2) is 34.8 Å². The minimum Gasteiger partial charge on any atom is -0.494 e. The van der Waals surface area contributed by atoms with Crippen LogP contribution in [0.4, 0.5) is 5.69 Å². The van der Waals surface area contributed by atoms with Gasteiger partial charge in [0.05, 0.1) is 29.9 Å². The summed E-state index contributed by atoms with van der Waals surface area (Å²) in [6, 6.07) is 21.8.